The summed E-state index contributed by atoms with van der Waals surface area (Å²) in [5.74, 6) is 1.34. The number of nitrogens with zero attached hydrogens (tertiary/aromatic N) is 1. The third-order valence-corrected chi connectivity index (χ3v) is 2.72. The molecule has 2 unspecified atom stereocenters. The smallest absolute Gasteiger partial charge is 0.0958 e. The van der Waals surface area contributed by atoms with Crippen LogP contribution in [0, 0.1) is 11.3 Å². The zero-order valence-electron chi connectivity index (χ0n) is 7.73. The molecule has 0 radical (unpaired) electrons. The molecule has 0 aromatic carbocycles. The number of nitriles is 1. The minimum Gasteiger partial charge on any atom is -0.394 e. The molecule has 0 spiro atoms. The van der Waals surface area contributed by atoms with E-state index in [2.05, 4.69) is 11.4 Å². The van der Waals surface area contributed by atoms with Gasteiger partial charge in [-0.2, -0.15) is 17.0 Å². The Balaban J connectivity index is 3.30. The van der Waals surface area contributed by atoms with Gasteiger partial charge in [-0.3, -0.25) is 0 Å². The molecule has 0 saturated carbocycles. The Labute approximate surface area is 82.9 Å². The number of aliphatic hydroxyl groups is 2. The van der Waals surface area contributed by atoms with Gasteiger partial charge in [0.25, 0.3) is 0 Å². The van der Waals surface area contributed by atoms with Crippen molar-refractivity contribution in [2.75, 3.05) is 25.2 Å². The lowest BCUT2D eigenvalue weighted by molar-refractivity contribution is 0.113. The van der Waals surface area contributed by atoms with Crippen LogP contribution in [0.5, 0.6) is 0 Å². The first-order valence-electron chi connectivity index (χ1n) is 4.18. The normalized spacial score (nSPS) is 14.9. The Bertz CT molecular complexity index is 161. The lowest BCUT2D eigenvalue weighted by atomic mass is 10.3. The first-order valence-corrected chi connectivity index (χ1v) is 5.33. The first kappa shape index (κ1) is 12.7. The molecule has 0 rings (SSSR count). The van der Waals surface area contributed by atoms with Crippen LogP contribution in [-0.4, -0.2) is 47.5 Å². The summed E-state index contributed by atoms with van der Waals surface area (Å²) in [6.45, 7) is -0.194. The summed E-state index contributed by atoms with van der Waals surface area (Å²) in [6, 6.07) is 2.01. The average Bonchev–Trinajstić information content (AvgIpc) is 2.18. The predicted molar refractivity (Wildman–Crippen MR) is 53.5 cm³/mol. The second-order valence-electron chi connectivity index (χ2n) is 2.67. The van der Waals surface area contributed by atoms with E-state index in [0.717, 1.165) is 12.2 Å². The Hall–Kier alpha value is -0.280. The maximum atomic E-state index is 8.99. The zero-order chi connectivity index (χ0) is 10.1. The van der Waals surface area contributed by atoms with Crippen LogP contribution in [-0.2, 0) is 0 Å². The van der Waals surface area contributed by atoms with Crippen LogP contribution in [0.1, 0.15) is 6.42 Å². The molecule has 0 aromatic heterocycles. The van der Waals surface area contributed by atoms with Gasteiger partial charge in [0.2, 0.25) is 0 Å². The van der Waals surface area contributed by atoms with Crippen molar-refractivity contribution in [3.63, 3.8) is 0 Å². The number of hydrogen-bond acceptors (Lipinski definition) is 5. The van der Waals surface area contributed by atoms with Crippen molar-refractivity contribution in [1.29, 1.82) is 5.26 Å². The fraction of sp³-hybridized carbons (Fsp3) is 0.875. The second-order valence-corrected chi connectivity index (χ2v) is 3.82. The summed E-state index contributed by atoms with van der Waals surface area (Å²) in [5, 5.41) is 28.9. The maximum absolute atomic E-state index is 8.99. The topological polar surface area (TPSA) is 76.3 Å². The summed E-state index contributed by atoms with van der Waals surface area (Å²) in [5.41, 5.74) is 0. The molecule has 76 valence electrons. The molecule has 0 aliphatic heterocycles. The average molecular weight is 204 g/mol. The summed E-state index contributed by atoms with van der Waals surface area (Å²) in [7, 11) is 1.75. The van der Waals surface area contributed by atoms with Gasteiger partial charge in [-0.05, 0) is 19.2 Å². The van der Waals surface area contributed by atoms with Gasteiger partial charge in [0.1, 0.15) is 0 Å². The minimum absolute atomic E-state index is 0.112. The highest BCUT2D eigenvalue weighted by atomic mass is 32.2. The van der Waals surface area contributed by atoms with E-state index >= 15 is 0 Å². The number of nitrogens with one attached hydrogen (secondary N) is 1. The third kappa shape index (κ3) is 6.84. The monoisotopic (exact) mass is 204 g/mol. The van der Waals surface area contributed by atoms with Gasteiger partial charge in [0, 0.05) is 5.75 Å². The molecular formula is C8H16N2O2S. The van der Waals surface area contributed by atoms with Gasteiger partial charge in [0.15, 0.2) is 0 Å². The lowest BCUT2D eigenvalue weighted by Gasteiger charge is -2.08. The van der Waals surface area contributed by atoms with Gasteiger partial charge in [-0.15, -0.1) is 0 Å². The fourth-order valence-electron chi connectivity index (χ4n) is 0.747. The van der Waals surface area contributed by atoms with Crippen molar-refractivity contribution >= 4 is 11.8 Å². The molecule has 0 aliphatic rings. The molecule has 0 heterocycles. The molecule has 0 fully saturated rings. The molecule has 0 amide bonds. The number of hydrogen-bond donors (Lipinski definition) is 3. The summed E-state index contributed by atoms with van der Waals surface area (Å²) >= 11 is 1.54. The van der Waals surface area contributed by atoms with E-state index in [0.29, 0.717) is 5.75 Å². The lowest BCUT2D eigenvalue weighted by Crippen LogP contribution is -2.24. The van der Waals surface area contributed by atoms with Crippen LogP contribution in [0.4, 0.5) is 0 Å². The SMILES string of the molecule is CNC(C#N)CCSCC(O)CO. The Morgan fingerprint density at radius 2 is 2.31 bits per heavy atom. The zero-order valence-corrected chi connectivity index (χ0v) is 8.55. The summed E-state index contributed by atoms with van der Waals surface area (Å²) in [4.78, 5) is 0. The van der Waals surface area contributed by atoms with E-state index in [1.165, 1.54) is 0 Å². The van der Waals surface area contributed by atoms with Crippen molar-refractivity contribution in [3.05, 3.63) is 0 Å². The van der Waals surface area contributed by atoms with Gasteiger partial charge >= 0.3 is 0 Å². The van der Waals surface area contributed by atoms with E-state index in [9.17, 15) is 0 Å². The quantitative estimate of drug-likeness (QED) is 0.491. The Kier molecular flexibility index (Phi) is 8.14. The van der Waals surface area contributed by atoms with Crippen molar-refractivity contribution in [1.82, 2.24) is 5.32 Å². The highest BCUT2D eigenvalue weighted by molar-refractivity contribution is 7.99. The Morgan fingerprint density at radius 3 is 2.77 bits per heavy atom. The molecule has 0 aromatic rings. The number of thioether (sulfide) groups is 1. The molecule has 5 heteroatoms. The van der Waals surface area contributed by atoms with Crippen molar-refractivity contribution in [2.45, 2.75) is 18.6 Å². The standard InChI is InChI=1S/C8H16N2O2S/c1-10-7(4-9)2-3-13-6-8(12)5-11/h7-8,10-12H,2-3,5-6H2,1H3. The van der Waals surface area contributed by atoms with Gasteiger partial charge in [-0.1, -0.05) is 0 Å². The van der Waals surface area contributed by atoms with Crippen LogP contribution in [0.15, 0.2) is 0 Å². The minimum atomic E-state index is -0.639. The highest BCUT2D eigenvalue weighted by Gasteiger charge is 2.05. The summed E-state index contributed by atoms with van der Waals surface area (Å²) < 4.78 is 0. The Morgan fingerprint density at radius 1 is 1.62 bits per heavy atom. The van der Waals surface area contributed by atoms with E-state index in [1.54, 1.807) is 18.8 Å². The predicted octanol–water partition coefficient (Wildman–Crippen LogP) is -0.426. The van der Waals surface area contributed by atoms with Crippen molar-refractivity contribution in [2.24, 2.45) is 0 Å². The molecular weight excluding hydrogens is 188 g/mol. The fourth-order valence-corrected chi connectivity index (χ4v) is 1.69. The number of rotatable bonds is 7. The van der Waals surface area contributed by atoms with Crippen LogP contribution in [0.2, 0.25) is 0 Å². The van der Waals surface area contributed by atoms with E-state index in [4.69, 9.17) is 15.5 Å². The van der Waals surface area contributed by atoms with E-state index < -0.39 is 6.10 Å². The van der Waals surface area contributed by atoms with Crippen LogP contribution in [0.25, 0.3) is 0 Å². The maximum Gasteiger partial charge on any atom is 0.0958 e. The van der Waals surface area contributed by atoms with Crippen molar-refractivity contribution in [3.8, 4) is 6.07 Å². The van der Waals surface area contributed by atoms with Crippen molar-refractivity contribution < 1.29 is 10.2 Å². The van der Waals surface area contributed by atoms with Crippen LogP contribution < -0.4 is 5.32 Å². The molecule has 0 aliphatic carbocycles. The first-order chi connectivity index (χ1) is 6.24. The highest BCUT2D eigenvalue weighted by Crippen LogP contribution is 2.06. The van der Waals surface area contributed by atoms with Gasteiger partial charge in [-0.25, -0.2) is 0 Å². The molecule has 2 atom stereocenters. The molecule has 13 heavy (non-hydrogen) atoms. The van der Waals surface area contributed by atoms with Crippen LogP contribution >= 0.6 is 11.8 Å². The van der Waals surface area contributed by atoms with E-state index in [1.807, 2.05) is 0 Å². The molecule has 3 N–H and O–H groups in total. The van der Waals surface area contributed by atoms with Gasteiger partial charge in [0.05, 0.1) is 24.8 Å². The van der Waals surface area contributed by atoms with Gasteiger partial charge < -0.3 is 15.5 Å². The largest absolute Gasteiger partial charge is 0.394 e. The second kappa shape index (κ2) is 8.32. The molecule has 0 bridgehead atoms. The number of aliphatic hydroxyl groups excluding tert-OH is 2. The third-order valence-electron chi connectivity index (χ3n) is 1.58. The molecule has 0 saturated heterocycles. The van der Waals surface area contributed by atoms with Crippen LogP contribution in [0.3, 0.4) is 0 Å². The van der Waals surface area contributed by atoms with E-state index in [-0.39, 0.29) is 12.6 Å². The summed E-state index contributed by atoms with van der Waals surface area (Å²) in [6.07, 6.45) is 0.121. The molecule has 4 nitrogen and oxygen atoms in total.